The zero-order valence-electron chi connectivity index (χ0n) is 32.3. The maximum Gasteiger partial charge on any atom is 0.0882 e. The van der Waals surface area contributed by atoms with Crippen molar-refractivity contribution >= 4 is 44.0 Å². The summed E-state index contributed by atoms with van der Waals surface area (Å²) in [5.41, 5.74) is 7.36. The van der Waals surface area contributed by atoms with Gasteiger partial charge in [0.05, 0.1) is 39.1 Å². The minimum absolute atomic E-state index is 0. The van der Waals surface area contributed by atoms with Crippen molar-refractivity contribution in [2.45, 2.75) is 227 Å². The van der Waals surface area contributed by atoms with E-state index >= 15 is 0 Å². The first kappa shape index (κ1) is 44.5. The number of rotatable bonds is 6. The molecule has 0 aromatic carbocycles. The van der Waals surface area contributed by atoms with Crippen LogP contribution in [-0.2, 0) is 21.1 Å². The number of thiophene rings is 1. The van der Waals surface area contributed by atoms with Crippen LogP contribution in [0.5, 0.6) is 0 Å². The van der Waals surface area contributed by atoms with Gasteiger partial charge in [0.15, 0.2) is 0 Å². The SMILES string of the molecule is C1CCC([PH+](C2CCCCC2)C2CCCCC2)CC1.C1CCC([PH+](C2CCCCC2)C2CCCCC2)CC1.ClC1=NC=C[N-]C1.[Pt].[c-]1cccs1. The molecular weight excluding hydrogens is 881 g/mol. The summed E-state index contributed by atoms with van der Waals surface area (Å²) in [7, 11) is -0.0930. The molecule has 0 N–H and O–H groups in total. The predicted molar refractivity (Wildman–Crippen MR) is 232 cm³/mol. The molecule has 8 rings (SSSR count). The summed E-state index contributed by atoms with van der Waals surface area (Å²) in [6, 6.07) is 3.86. The molecule has 2 heterocycles. The molecule has 7 aliphatic rings. The molecule has 1 aromatic rings. The van der Waals surface area contributed by atoms with Crippen molar-refractivity contribution in [3.05, 3.63) is 40.6 Å². The summed E-state index contributed by atoms with van der Waals surface area (Å²) in [5, 5.41) is 9.26. The van der Waals surface area contributed by atoms with E-state index in [9.17, 15) is 0 Å². The number of hydrogen-bond donors (Lipinski definition) is 0. The Morgan fingerprint density at radius 1 is 0.529 bits per heavy atom. The molecule has 6 saturated carbocycles. The average molecular weight is 957 g/mol. The molecular formula is C44H75ClN2P2PtS. The van der Waals surface area contributed by atoms with Crippen molar-refractivity contribution < 1.29 is 21.1 Å². The van der Waals surface area contributed by atoms with Gasteiger partial charge in [-0.05, 0) is 154 Å². The smallest absolute Gasteiger partial charge is 0.0882 e. The molecule has 0 bridgehead atoms. The molecule has 0 saturated heterocycles. The van der Waals surface area contributed by atoms with Crippen LogP contribution >= 0.6 is 38.8 Å². The van der Waals surface area contributed by atoms with E-state index in [4.69, 9.17) is 11.6 Å². The Kier molecular flexibility index (Phi) is 23.9. The Bertz CT molecular complexity index is 863. The normalized spacial score (nSPS) is 24.8. The topological polar surface area (TPSA) is 26.5 Å². The quantitative estimate of drug-likeness (QED) is 0.201. The molecule has 1 aromatic heterocycles. The van der Waals surface area contributed by atoms with Gasteiger partial charge in [-0.1, -0.05) is 56.7 Å². The zero-order chi connectivity index (χ0) is 34.5. The molecule has 0 spiro atoms. The van der Waals surface area contributed by atoms with Gasteiger partial charge in [0.25, 0.3) is 0 Å². The van der Waals surface area contributed by atoms with Crippen LogP contribution in [0.1, 0.15) is 193 Å². The Hall–Kier alpha value is 0.748. The van der Waals surface area contributed by atoms with E-state index in [0.29, 0.717) is 11.7 Å². The van der Waals surface area contributed by atoms with Crippen molar-refractivity contribution in [1.82, 2.24) is 0 Å². The second-order valence-electron chi connectivity index (χ2n) is 16.9. The number of nitrogens with zero attached hydrogens (tertiary/aromatic N) is 2. The van der Waals surface area contributed by atoms with Gasteiger partial charge in [0.1, 0.15) is 0 Å². The second kappa shape index (κ2) is 27.4. The largest absolute Gasteiger partial charge is 0.684 e. The van der Waals surface area contributed by atoms with Crippen LogP contribution in [0.15, 0.2) is 34.9 Å². The molecule has 6 aliphatic carbocycles. The van der Waals surface area contributed by atoms with E-state index in [1.54, 1.807) is 216 Å². The van der Waals surface area contributed by atoms with Gasteiger partial charge in [0.2, 0.25) is 0 Å². The number of halogens is 1. The van der Waals surface area contributed by atoms with Crippen LogP contribution in [0.3, 0.4) is 0 Å². The molecule has 294 valence electrons. The molecule has 6 fully saturated rings. The van der Waals surface area contributed by atoms with Crippen LogP contribution < -0.4 is 0 Å². The van der Waals surface area contributed by atoms with E-state index in [1.165, 1.54) is 34.0 Å². The first-order valence-corrected chi connectivity index (χ1v) is 26.7. The molecule has 0 radical (unpaired) electrons. The van der Waals surface area contributed by atoms with Gasteiger partial charge in [0, 0.05) is 43.1 Å². The van der Waals surface area contributed by atoms with Crippen molar-refractivity contribution in [2.24, 2.45) is 4.99 Å². The third-order valence-electron chi connectivity index (χ3n) is 13.4. The van der Waals surface area contributed by atoms with E-state index in [0.717, 1.165) is 0 Å². The minimum Gasteiger partial charge on any atom is -0.684 e. The summed E-state index contributed by atoms with van der Waals surface area (Å²) < 4.78 is 0. The van der Waals surface area contributed by atoms with Gasteiger partial charge >= 0.3 is 0 Å². The predicted octanol–water partition coefficient (Wildman–Crippen LogP) is 15.4. The zero-order valence-corrected chi connectivity index (χ0v) is 38.1. The van der Waals surface area contributed by atoms with Crippen LogP contribution in [0.4, 0.5) is 0 Å². The molecule has 51 heavy (non-hydrogen) atoms. The van der Waals surface area contributed by atoms with Gasteiger partial charge in [-0.2, -0.15) is 17.6 Å². The van der Waals surface area contributed by atoms with Gasteiger partial charge in [-0.15, -0.1) is 5.38 Å². The molecule has 1 aliphatic heterocycles. The minimum atomic E-state index is -0.0465. The fraction of sp³-hybridized carbons (Fsp3) is 0.841. The van der Waals surface area contributed by atoms with E-state index in [-0.39, 0.29) is 36.9 Å². The van der Waals surface area contributed by atoms with Gasteiger partial charge < -0.3 is 16.7 Å². The van der Waals surface area contributed by atoms with E-state index < -0.39 is 0 Å². The Morgan fingerprint density at radius 3 is 1.00 bits per heavy atom. The van der Waals surface area contributed by atoms with Gasteiger partial charge in [-0.3, -0.25) is 4.99 Å². The monoisotopic (exact) mass is 955 g/mol. The van der Waals surface area contributed by atoms with Crippen LogP contribution in [0.25, 0.3) is 5.32 Å². The number of aliphatic imine (C=N–C) groups is 1. The van der Waals surface area contributed by atoms with Crippen molar-refractivity contribution in [3.63, 3.8) is 0 Å². The summed E-state index contributed by atoms with van der Waals surface area (Å²) in [6.07, 6.45) is 50.8. The third kappa shape index (κ3) is 16.4. The fourth-order valence-electron chi connectivity index (χ4n) is 11.1. The van der Waals surface area contributed by atoms with Crippen molar-refractivity contribution in [1.29, 1.82) is 0 Å². The Labute approximate surface area is 341 Å². The Morgan fingerprint density at radius 2 is 0.843 bits per heavy atom. The first-order chi connectivity index (χ1) is 24.8. The Balaban J connectivity index is 0.000000171. The van der Waals surface area contributed by atoms with E-state index in [2.05, 4.69) is 15.7 Å². The average Bonchev–Trinajstić information content (AvgIpc) is 3.80. The van der Waals surface area contributed by atoms with Gasteiger partial charge in [-0.25, -0.2) is 6.07 Å². The van der Waals surface area contributed by atoms with Crippen molar-refractivity contribution in [2.75, 3.05) is 6.54 Å². The van der Waals surface area contributed by atoms with Crippen LogP contribution in [-0.4, -0.2) is 45.7 Å². The van der Waals surface area contributed by atoms with Crippen LogP contribution in [0, 0.1) is 5.38 Å². The van der Waals surface area contributed by atoms with Crippen LogP contribution in [0.2, 0.25) is 0 Å². The maximum absolute atomic E-state index is 5.42. The molecule has 0 unspecified atom stereocenters. The standard InChI is InChI=1S/2C18H33P.C4H4ClN2.C4H3S.Pt/c2*1-4-10-16(11-5-1)19(17-12-6-2-7-13-17)18-14-8-3-9-15-18;5-4-3-6-1-2-7-4;1-2-4-5-3-1;/h2*16-18H,1-15H2;1-2H,3H2;1-3H;/q;;2*-1;/p+2. The molecule has 0 amide bonds. The van der Waals surface area contributed by atoms with Crippen molar-refractivity contribution in [3.8, 4) is 0 Å². The third-order valence-corrected chi connectivity index (χ3v) is 23.4. The second-order valence-corrected chi connectivity index (χ2v) is 25.0. The molecule has 7 heteroatoms. The summed E-state index contributed by atoms with van der Waals surface area (Å²) in [4.78, 5) is 3.74. The first-order valence-electron chi connectivity index (χ1n) is 22.0. The summed E-state index contributed by atoms with van der Waals surface area (Å²) >= 11 is 7.01. The fourth-order valence-corrected chi connectivity index (χ4v) is 22.1. The van der Waals surface area contributed by atoms with E-state index in [1.807, 2.05) is 17.5 Å². The summed E-state index contributed by atoms with van der Waals surface area (Å²) in [6.45, 7) is 0.540. The number of hydrogen-bond acceptors (Lipinski definition) is 2. The summed E-state index contributed by atoms with van der Waals surface area (Å²) in [5.74, 6) is 0. The molecule has 2 nitrogen and oxygen atoms in total. The molecule has 0 atom stereocenters. The maximum atomic E-state index is 5.42.